The molecule has 0 aliphatic carbocycles. The fraction of sp³-hybridized carbons (Fsp3) is 0.318. The van der Waals surface area contributed by atoms with E-state index < -0.39 is 0 Å². The van der Waals surface area contributed by atoms with Crippen molar-refractivity contribution < 1.29 is 14.3 Å². The third-order valence-corrected chi connectivity index (χ3v) is 4.66. The Labute approximate surface area is 165 Å². The van der Waals surface area contributed by atoms with Gasteiger partial charge in [-0.25, -0.2) is 4.99 Å². The zero-order valence-corrected chi connectivity index (χ0v) is 16.6. The average Bonchev–Trinajstić information content (AvgIpc) is 3.03. The van der Waals surface area contributed by atoms with E-state index in [-0.39, 0.29) is 5.75 Å². The summed E-state index contributed by atoms with van der Waals surface area (Å²) in [7, 11) is 1.55. The van der Waals surface area contributed by atoms with E-state index in [1.807, 2.05) is 37.3 Å². The normalized spacial score (nSPS) is 11.6. The molecule has 0 unspecified atom stereocenters. The molecule has 6 heteroatoms. The van der Waals surface area contributed by atoms with E-state index in [9.17, 15) is 5.11 Å². The van der Waals surface area contributed by atoms with Gasteiger partial charge in [0.05, 0.1) is 7.11 Å². The van der Waals surface area contributed by atoms with Crippen LogP contribution in [0.1, 0.15) is 23.8 Å². The number of para-hydroxylation sites is 2. The summed E-state index contributed by atoms with van der Waals surface area (Å²) in [4.78, 5) is 4.64. The molecule has 0 atom stereocenters. The summed E-state index contributed by atoms with van der Waals surface area (Å²) in [6, 6.07) is 13.5. The van der Waals surface area contributed by atoms with Crippen molar-refractivity contribution in [2.75, 3.05) is 20.2 Å². The molecule has 3 N–H and O–H groups in total. The van der Waals surface area contributed by atoms with Gasteiger partial charge in [0.25, 0.3) is 0 Å². The maximum Gasteiger partial charge on any atom is 0.191 e. The van der Waals surface area contributed by atoms with Crippen LogP contribution in [0.4, 0.5) is 0 Å². The Kier molecular flexibility index (Phi) is 6.42. The number of benzene rings is 2. The number of aliphatic imine (C=N–C) groups is 1. The van der Waals surface area contributed by atoms with Crippen LogP contribution in [0.5, 0.6) is 11.5 Å². The molecule has 3 rings (SSSR count). The minimum absolute atomic E-state index is 0.187. The van der Waals surface area contributed by atoms with Gasteiger partial charge < -0.3 is 24.9 Å². The highest BCUT2D eigenvalue weighted by Gasteiger charge is 2.10. The van der Waals surface area contributed by atoms with Crippen LogP contribution < -0.4 is 15.4 Å². The number of rotatable bonds is 7. The van der Waals surface area contributed by atoms with Crippen LogP contribution >= 0.6 is 0 Å². The molecule has 0 radical (unpaired) electrons. The maximum atomic E-state index is 10.2. The number of phenolic OH excluding ortho intramolecular Hbond substituents is 1. The van der Waals surface area contributed by atoms with E-state index in [1.54, 1.807) is 13.2 Å². The minimum Gasteiger partial charge on any atom is -0.504 e. The second-order valence-corrected chi connectivity index (χ2v) is 6.49. The molecule has 0 bridgehead atoms. The van der Waals surface area contributed by atoms with Gasteiger partial charge in [0.1, 0.15) is 17.9 Å². The first-order valence-corrected chi connectivity index (χ1v) is 9.48. The fourth-order valence-corrected chi connectivity index (χ4v) is 3.12. The molecule has 3 aromatic rings. The van der Waals surface area contributed by atoms with Crippen molar-refractivity contribution in [3.63, 3.8) is 0 Å². The molecule has 0 fully saturated rings. The number of fused-ring (bicyclic) bond motifs is 1. The molecule has 0 saturated carbocycles. The summed E-state index contributed by atoms with van der Waals surface area (Å²) in [5.74, 6) is 2.25. The zero-order chi connectivity index (χ0) is 19.9. The number of phenols is 1. The molecule has 0 saturated heterocycles. The predicted octanol–water partition coefficient (Wildman–Crippen LogP) is 3.75. The number of nitrogens with one attached hydrogen (secondary N) is 2. The molecule has 0 amide bonds. The van der Waals surface area contributed by atoms with E-state index in [1.165, 1.54) is 0 Å². The van der Waals surface area contributed by atoms with Gasteiger partial charge in [-0.1, -0.05) is 30.3 Å². The van der Waals surface area contributed by atoms with E-state index in [0.29, 0.717) is 31.2 Å². The lowest BCUT2D eigenvalue weighted by molar-refractivity contribution is 0.370. The third kappa shape index (κ3) is 4.39. The molecule has 148 valence electrons. The standard InChI is InChI=1S/C22H27N3O3/c1-4-23-22(24-13-12-16-8-7-11-19(27-3)21(16)26)25-14-20-15(2)17-9-5-6-10-18(17)28-20/h5-11,26H,4,12-14H2,1-3H3,(H2,23,24,25). The highest BCUT2D eigenvalue weighted by molar-refractivity contribution is 5.82. The summed E-state index contributed by atoms with van der Waals surface area (Å²) in [5, 5.41) is 17.9. The molecule has 1 aromatic heterocycles. The van der Waals surface area contributed by atoms with Gasteiger partial charge in [-0.15, -0.1) is 0 Å². The number of furan rings is 1. The summed E-state index contributed by atoms with van der Waals surface area (Å²) >= 11 is 0. The Bertz CT molecular complexity index is 963. The number of hydrogen-bond acceptors (Lipinski definition) is 4. The molecule has 28 heavy (non-hydrogen) atoms. The van der Waals surface area contributed by atoms with Crippen LogP contribution in [0, 0.1) is 6.92 Å². The topological polar surface area (TPSA) is 79.0 Å². The van der Waals surface area contributed by atoms with Crippen molar-refractivity contribution >= 4 is 16.9 Å². The summed E-state index contributed by atoms with van der Waals surface area (Å²) in [6.45, 7) is 5.93. The van der Waals surface area contributed by atoms with Crippen molar-refractivity contribution in [1.29, 1.82) is 0 Å². The first-order chi connectivity index (χ1) is 13.6. The maximum absolute atomic E-state index is 10.2. The highest BCUT2D eigenvalue weighted by atomic mass is 16.5. The molecule has 0 aliphatic rings. The van der Waals surface area contributed by atoms with Gasteiger partial charge in [0, 0.05) is 24.0 Å². The molecular weight excluding hydrogens is 354 g/mol. The molecule has 0 aliphatic heterocycles. The Morgan fingerprint density at radius 1 is 1.14 bits per heavy atom. The molecule has 0 spiro atoms. The SMILES string of the molecule is CCNC(=NCc1oc2ccccc2c1C)NCCc1cccc(OC)c1O. The number of aromatic hydroxyl groups is 1. The fourth-order valence-electron chi connectivity index (χ4n) is 3.12. The number of nitrogens with zero attached hydrogens (tertiary/aromatic N) is 1. The van der Waals surface area contributed by atoms with Crippen LogP contribution in [0.3, 0.4) is 0 Å². The Hall–Kier alpha value is -3.15. The van der Waals surface area contributed by atoms with Crippen molar-refractivity contribution in [3.05, 3.63) is 59.4 Å². The average molecular weight is 381 g/mol. The van der Waals surface area contributed by atoms with E-state index >= 15 is 0 Å². The number of ether oxygens (including phenoxy) is 1. The lowest BCUT2D eigenvalue weighted by Crippen LogP contribution is -2.38. The van der Waals surface area contributed by atoms with Crippen molar-refractivity contribution in [2.24, 2.45) is 4.99 Å². The number of aryl methyl sites for hydroxylation is 1. The summed E-state index contributed by atoms with van der Waals surface area (Å²) in [6.07, 6.45) is 0.650. The van der Waals surface area contributed by atoms with Crippen LogP contribution in [-0.4, -0.2) is 31.3 Å². The Morgan fingerprint density at radius 3 is 2.71 bits per heavy atom. The second-order valence-electron chi connectivity index (χ2n) is 6.49. The van der Waals surface area contributed by atoms with Gasteiger partial charge in [0.2, 0.25) is 0 Å². The van der Waals surface area contributed by atoms with Crippen molar-refractivity contribution in [2.45, 2.75) is 26.8 Å². The molecule has 2 aromatic carbocycles. The van der Waals surface area contributed by atoms with Crippen molar-refractivity contribution in [3.8, 4) is 11.5 Å². The van der Waals surface area contributed by atoms with Gasteiger partial charge in [-0.2, -0.15) is 0 Å². The lowest BCUT2D eigenvalue weighted by Gasteiger charge is -2.12. The Morgan fingerprint density at radius 2 is 1.96 bits per heavy atom. The zero-order valence-electron chi connectivity index (χ0n) is 16.6. The number of guanidine groups is 1. The lowest BCUT2D eigenvalue weighted by atomic mass is 10.1. The van der Waals surface area contributed by atoms with Gasteiger partial charge in [-0.3, -0.25) is 0 Å². The summed E-state index contributed by atoms with van der Waals surface area (Å²) < 4.78 is 11.1. The largest absolute Gasteiger partial charge is 0.504 e. The van der Waals surface area contributed by atoms with Gasteiger partial charge in [-0.05, 0) is 38.0 Å². The van der Waals surface area contributed by atoms with Crippen molar-refractivity contribution in [1.82, 2.24) is 10.6 Å². The summed E-state index contributed by atoms with van der Waals surface area (Å²) in [5.41, 5.74) is 2.84. The van der Waals surface area contributed by atoms with Gasteiger partial charge >= 0.3 is 0 Å². The number of methoxy groups -OCH3 is 1. The monoisotopic (exact) mass is 381 g/mol. The quantitative estimate of drug-likeness (QED) is 0.429. The predicted molar refractivity (Wildman–Crippen MR) is 112 cm³/mol. The van der Waals surface area contributed by atoms with Crippen LogP contribution in [-0.2, 0) is 13.0 Å². The highest BCUT2D eigenvalue weighted by Crippen LogP contribution is 2.29. The van der Waals surface area contributed by atoms with E-state index in [2.05, 4.69) is 28.6 Å². The number of hydrogen-bond donors (Lipinski definition) is 3. The smallest absolute Gasteiger partial charge is 0.191 e. The minimum atomic E-state index is 0.187. The van der Waals surface area contributed by atoms with Crippen LogP contribution in [0.25, 0.3) is 11.0 Å². The first kappa shape index (κ1) is 19.6. The molecular formula is C22H27N3O3. The first-order valence-electron chi connectivity index (χ1n) is 9.48. The van der Waals surface area contributed by atoms with Crippen LogP contribution in [0.15, 0.2) is 51.9 Å². The van der Waals surface area contributed by atoms with E-state index in [0.717, 1.165) is 34.4 Å². The van der Waals surface area contributed by atoms with Gasteiger partial charge in [0.15, 0.2) is 17.5 Å². The third-order valence-electron chi connectivity index (χ3n) is 4.66. The van der Waals surface area contributed by atoms with E-state index in [4.69, 9.17) is 9.15 Å². The molecule has 6 nitrogen and oxygen atoms in total. The Balaban J connectivity index is 1.65. The second kappa shape index (κ2) is 9.17. The van der Waals surface area contributed by atoms with Crippen LogP contribution in [0.2, 0.25) is 0 Å². The molecule has 1 heterocycles.